The van der Waals surface area contributed by atoms with Gasteiger partial charge in [-0.2, -0.15) is 0 Å². The molecule has 3 aromatic rings. The van der Waals surface area contributed by atoms with E-state index < -0.39 is 0 Å². The number of rotatable bonds is 6. The lowest BCUT2D eigenvalue weighted by Crippen LogP contribution is -2.40. The topological polar surface area (TPSA) is 66.8 Å². The van der Waals surface area contributed by atoms with Crippen LogP contribution in [0, 0.1) is 0 Å². The van der Waals surface area contributed by atoms with Crippen molar-refractivity contribution in [2.75, 3.05) is 13.1 Å². The number of carbonyl (C=O) groups excluding carboxylic acids is 1. The fourth-order valence-electron chi connectivity index (χ4n) is 3.96. The van der Waals surface area contributed by atoms with Gasteiger partial charge in [0.05, 0.1) is 17.5 Å². The van der Waals surface area contributed by atoms with Crippen molar-refractivity contribution in [3.63, 3.8) is 0 Å². The Hall–Kier alpha value is -2.63. The first-order valence-corrected chi connectivity index (χ1v) is 9.97. The molecule has 1 aliphatic heterocycles. The van der Waals surface area contributed by atoms with Crippen LogP contribution in [0.3, 0.4) is 0 Å². The molecule has 6 nitrogen and oxygen atoms in total. The Morgan fingerprint density at radius 1 is 1.33 bits per heavy atom. The van der Waals surface area contributed by atoms with Gasteiger partial charge in [0.1, 0.15) is 11.6 Å². The van der Waals surface area contributed by atoms with Gasteiger partial charge in [-0.15, -0.1) is 0 Å². The number of hydrogen-bond donors (Lipinski definition) is 1. The third kappa shape index (κ3) is 3.89. The number of para-hydroxylation sites is 2. The normalized spacial score (nSPS) is 17.5. The van der Waals surface area contributed by atoms with Crippen LogP contribution in [-0.2, 0) is 17.8 Å². The van der Waals surface area contributed by atoms with Gasteiger partial charge >= 0.3 is 0 Å². The van der Waals surface area contributed by atoms with Gasteiger partial charge in [-0.3, -0.25) is 4.79 Å². The summed E-state index contributed by atoms with van der Waals surface area (Å²) in [6.07, 6.45) is 8.73. The molecule has 142 valence electrons. The number of aromatic nitrogens is 4. The lowest BCUT2D eigenvalue weighted by Gasteiger charge is -2.32. The summed E-state index contributed by atoms with van der Waals surface area (Å²) < 4.78 is 2.27. The minimum Gasteiger partial charge on any atom is -0.342 e. The third-order valence-electron chi connectivity index (χ3n) is 5.40. The minimum absolute atomic E-state index is 0.144. The number of amides is 1. The van der Waals surface area contributed by atoms with Crippen LogP contribution in [0.25, 0.3) is 11.0 Å². The van der Waals surface area contributed by atoms with E-state index in [9.17, 15) is 4.79 Å². The van der Waals surface area contributed by atoms with Gasteiger partial charge in [-0.05, 0) is 31.4 Å². The molecule has 2 aromatic heterocycles. The number of H-pyrrole nitrogens is 1. The summed E-state index contributed by atoms with van der Waals surface area (Å²) in [5.74, 6) is 2.34. The summed E-state index contributed by atoms with van der Waals surface area (Å²) in [6.45, 7) is 4.79. The summed E-state index contributed by atoms with van der Waals surface area (Å²) in [7, 11) is 0. The van der Waals surface area contributed by atoms with Gasteiger partial charge in [0.25, 0.3) is 0 Å². The molecule has 1 atom stereocenters. The number of nitrogens with zero attached hydrogens (tertiary/aromatic N) is 4. The standard InChI is InChI=1S/C21H27N5O/c1-2-3-11-25-13-10-22-21(25)16-7-6-12-26(15-16)20(27)14-19-23-17-8-4-5-9-18(17)24-19/h4-5,8-10,13,16H,2-3,6-7,11-12,14-15H2,1H3,(H,23,24)/t16-/m1/s1. The molecule has 1 fully saturated rings. The Morgan fingerprint density at radius 3 is 3.07 bits per heavy atom. The number of imidazole rings is 2. The molecule has 0 saturated carbocycles. The minimum atomic E-state index is 0.144. The summed E-state index contributed by atoms with van der Waals surface area (Å²) in [5, 5.41) is 0. The largest absolute Gasteiger partial charge is 0.342 e. The summed E-state index contributed by atoms with van der Waals surface area (Å²) in [5.41, 5.74) is 1.89. The van der Waals surface area contributed by atoms with Crippen LogP contribution in [-0.4, -0.2) is 43.4 Å². The molecule has 0 spiro atoms. The van der Waals surface area contributed by atoms with Crippen molar-refractivity contribution in [1.82, 2.24) is 24.4 Å². The average molecular weight is 365 g/mol. The van der Waals surface area contributed by atoms with Crippen LogP contribution in [0.2, 0.25) is 0 Å². The van der Waals surface area contributed by atoms with E-state index in [1.807, 2.05) is 35.4 Å². The van der Waals surface area contributed by atoms with Gasteiger partial charge in [-0.25, -0.2) is 9.97 Å². The van der Waals surface area contributed by atoms with Crippen LogP contribution in [0.5, 0.6) is 0 Å². The third-order valence-corrected chi connectivity index (χ3v) is 5.40. The maximum Gasteiger partial charge on any atom is 0.230 e. The van der Waals surface area contributed by atoms with Crippen molar-refractivity contribution in [3.05, 3.63) is 48.3 Å². The van der Waals surface area contributed by atoms with Crippen molar-refractivity contribution in [2.24, 2.45) is 0 Å². The number of aryl methyl sites for hydroxylation is 1. The Balaban J connectivity index is 1.43. The molecule has 1 aromatic carbocycles. The van der Waals surface area contributed by atoms with Crippen LogP contribution in [0.15, 0.2) is 36.7 Å². The van der Waals surface area contributed by atoms with Crippen molar-refractivity contribution in [3.8, 4) is 0 Å². The van der Waals surface area contributed by atoms with E-state index in [1.165, 1.54) is 6.42 Å². The Labute approximate surface area is 159 Å². The molecule has 0 radical (unpaired) electrons. The van der Waals surface area contributed by atoms with Crippen LogP contribution in [0.1, 0.15) is 50.2 Å². The summed E-state index contributed by atoms with van der Waals surface area (Å²) in [6, 6.07) is 7.89. The predicted octanol–water partition coefficient (Wildman–Crippen LogP) is 3.51. The lowest BCUT2D eigenvalue weighted by molar-refractivity contribution is -0.131. The zero-order valence-corrected chi connectivity index (χ0v) is 15.9. The van der Waals surface area contributed by atoms with E-state index >= 15 is 0 Å². The lowest BCUT2D eigenvalue weighted by atomic mass is 9.96. The molecular weight excluding hydrogens is 338 g/mol. The number of benzene rings is 1. The second kappa shape index (κ2) is 7.94. The zero-order valence-electron chi connectivity index (χ0n) is 15.9. The summed E-state index contributed by atoms with van der Waals surface area (Å²) >= 11 is 0. The number of nitrogens with one attached hydrogen (secondary N) is 1. The highest BCUT2D eigenvalue weighted by Gasteiger charge is 2.27. The quantitative estimate of drug-likeness (QED) is 0.727. The van der Waals surface area contributed by atoms with E-state index in [1.54, 1.807) is 0 Å². The first-order valence-electron chi connectivity index (χ1n) is 9.97. The van der Waals surface area contributed by atoms with E-state index in [4.69, 9.17) is 0 Å². The highest BCUT2D eigenvalue weighted by atomic mass is 16.2. The first kappa shape index (κ1) is 17.8. The van der Waals surface area contributed by atoms with Gasteiger partial charge in [0.15, 0.2) is 0 Å². The van der Waals surface area contributed by atoms with Crippen molar-refractivity contribution in [1.29, 1.82) is 0 Å². The molecule has 1 N–H and O–H groups in total. The molecule has 27 heavy (non-hydrogen) atoms. The molecule has 6 heteroatoms. The van der Waals surface area contributed by atoms with Crippen molar-refractivity contribution in [2.45, 2.75) is 51.5 Å². The summed E-state index contributed by atoms with van der Waals surface area (Å²) in [4.78, 5) is 27.3. The molecule has 1 saturated heterocycles. The number of likely N-dealkylation sites (tertiary alicyclic amines) is 1. The Kier molecular flexibility index (Phi) is 5.23. The first-order chi connectivity index (χ1) is 13.2. The second-order valence-corrected chi connectivity index (χ2v) is 7.39. The number of hydrogen-bond acceptors (Lipinski definition) is 3. The molecule has 0 bridgehead atoms. The SMILES string of the molecule is CCCCn1ccnc1[C@@H]1CCCN(C(=O)Cc2nc3ccccc3[nH]2)C1. The number of piperidine rings is 1. The maximum absolute atomic E-state index is 12.9. The number of fused-ring (bicyclic) bond motifs is 1. The van der Waals surface area contributed by atoms with Gasteiger partial charge in [-0.1, -0.05) is 25.5 Å². The van der Waals surface area contributed by atoms with Gasteiger partial charge in [0, 0.05) is 37.9 Å². The molecule has 3 heterocycles. The van der Waals surface area contributed by atoms with Crippen LogP contribution in [0.4, 0.5) is 0 Å². The fraction of sp³-hybridized carbons (Fsp3) is 0.476. The van der Waals surface area contributed by atoms with Crippen LogP contribution >= 0.6 is 0 Å². The van der Waals surface area contributed by atoms with E-state index in [0.29, 0.717) is 12.3 Å². The average Bonchev–Trinajstić information content (AvgIpc) is 3.32. The van der Waals surface area contributed by atoms with E-state index in [-0.39, 0.29) is 5.91 Å². The van der Waals surface area contributed by atoms with Gasteiger partial charge < -0.3 is 14.5 Å². The van der Waals surface area contributed by atoms with E-state index in [2.05, 4.69) is 32.6 Å². The van der Waals surface area contributed by atoms with Gasteiger partial charge in [0.2, 0.25) is 5.91 Å². The zero-order chi connectivity index (χ0) is 18.6. The van der Waals surface area contributed by atoms with Crippen LogP contribution < -0.4 is 0 Å². The molecule has 0 aliphatic carbocycles. The van der Waals surface area contributed by atoms with Crippen molar-refractivity contribution < 1.29 is 4.79 Å². The molecule has 0 unspecified atom stereocenters. The highest BCUT2D eigenvalue weighted by molar-refractivity contribution is 5.80. The fourth-order valence-corrected chi connectivity index (χ4v) is 3.96. The smallest absolute Gasteiger partial charge is 0.230 e. The van der Waals surface area contributed by atoms with E-state index in [0.717, 1.165) is 61.6 Å². The monoisotopic (exact) mass is 365 g/mol. The second-order valence-electron chi connectivity index (χ2n) is 7.39. The number of carbonyl (C=O) groups is 1. The molecule has 4 rings (SSSR count). The maximum atomic E-state index is 12.9. The Bertz CT molecular complexity index is 879. The molecule has 1 amide bonds. The predicted molar refractivity (Wildman–Crippen MR) is 105 cm³/mol. The number of aromatic amines is 1. The highest BCUT2D eigenvalue weighted by Crippen LogP contribution is 2.26. The van der Waals surface area contributed by atoms with Crippen molar-refractivity contribution >= 4 is 16.9 Å². The molecular formula is C21H27N5O. The Morgan fingerprint density at radius 2 is 2.22 bits per heavy atom. The molecule has 1 aliphatic rings. The number of unbranched alkanes of at least 4 members (excludes halogenated alkanes) is 1.